The van der Waals surface area contributed by atoms with Gasteiger partial charge in [0.05, 0.1) is 22.9 Å². The maximum Gasteiger partial charge on any atom is 0.295 e. The topological polar surface area (TPSA) is 57.6 Å². The third-order valence-corrected chi connectivity index (χ3v) is 3.93. The molecule has 0 radical (unpaired) electrons. The van der Waals surface area contributed by atoms with E-state index < -0.39 is 10.1 Å². The Morgan fingerprint density at radius 1 is 1.24 bits per heavy atom. The Kier molecular flexibility index (Phi) is 3.28. The molecule has 4 nitrogen and oxygen atoms in total. The van der Waals surface area contributed by atoms with E-state index in [2.05, 4.69) is 22.9 Å². The molecule has 90 valence electrons. The zero-order chi connectivity index (χ0) is 12.6. The Labute approximate surface area is 113 Å². The van der Waals surface area contributed by atoms with Crippen LogP contribution in [0.25, 0.3) is 10.8 Å². The van der Waals surface area contributed by atoms with Gasteiger partial charge in [-0.2, -0.15) is 8.42 Å². The summed E-state index contributed by atoms with van der Waals surface area (Å²) in [6.07, 6.45) is 0. The lowest BCUT2D eigenvalue weighted by molar-refractivity contribution is 0.484. The fourth-order valence-corrected chi connectivity index (χ4v) is 2.65. The lowest BCUT2D eigenvalue weighted by Gasteiger charge is -2.11. The molecule has 0 atom stereocenters. The van der Waals surface area contributed by atoms with E-state index in [9.17, 15) is 13.0 Å². The summed E-state index contributed by atoms with van der Waals surface area (Å²) in [6.45, 7) is 0. The summed E-state index contributed by atoms with van der Waals surface area (Å²) in [5.74, 6) is 0. The molecule has 2 aromatic rings. The average molecular weight is 363 g/mol. The van der Waals surface area contributed by atoms with E-state index in [0.717, 1.165) is 11.1 Å². The highest BCUT2D eigenvalue weighted by atomic mass is 127. The van der Waals surface area contributed by atoms with Crippen molar-refractivity contribution in [3.05, 3.63) is 36.4 Å². The van der Waals surface area contributed by atoms with Crippen LogP contribution in [-0.2, 0) is 10.1 Å². The van der Waals surface area contributed by atoms with Gasteiger partial charge in [-0.15, -0.1) is 0 Å². The summed E-state index contributed by atoms with van der Waals surface area (Å²) >= 11 is 2.10. The average Bonchev–Trinajstić information content (AvgIpc) is 2.26. The van der Waals surface area contributed by atoms with Crippen molar-refractivity contribution in [1.82, 2.24) is 0 Å². The minimum absolute atomic E-state index is 0.0601. The molecular formula is C11H10INO3S. The highest BCUT2D eigenvalue weighted by Crippen LogP contribution is 2.28. The van der Waals surface area contributed by atoms with Gasteiger partial charge in [-0.25, -0.2) is 0 Å². The molecule has 0 spiro atoms. The van der Waals surface area contributed by atoms with Gasteiger partial charge in [0.2, 0.25) is 0 Å². The van der Waals surface area contributed by atoms with E-state index in [1.165, 1.54) is 6.07 Å². The monoisotopic (exact) mass is 363 g/mol. The molecule has 0 saturated carbocycles. The normalized spacial score (nSPS) is 11.7. The molecule has 0 aliphatic heterocycles. The standard InChI is InChI=1S/C11H10INO3S/c1-13(12)9-6-5-8-3-2-4-11(10(8)7-9)17(14,15)16/h2-7H,1H3,(H,14,15,16). The van der Waals surface area contributed by atoms with Gasteiger partial charge in [0, 0.05) is 18.1 Å². The molecule has 0 aromatic heterocycles. The Bertz CT molecular complexity index is 667. The Hall–Kier alpha value is -0.860. The highest BCUT2D eigenvalue weighted by Gasteiger charge is 2.14. The van der Waals surface area contributed by atoms with Crippen LogP contribution in [0.2, 0.25) is 0 Å². The zero-order valence-electron chi connectivity index (χ0n) is 8.96. The van der Waals surface area contributed by atoms with Crippen molar-refractivity contribution < 1.29 is 13.0 Å². The van der Waals surface area contributed by atoms with Crippen LogP contribution in [-0.4, -0.2) is 20.0 Å². The van der Waals surface area contributed by atoms with E-state index in [1.807, 2.05) is 22.3 Å². The minimum Gasteiger partial charge on any atom is -0.318 e. The second-order valence-electron chi connectivity index (χ2n) is 3.61. The smallest absolute Gasteiger partial charge is 0.295 e. The van der Waals surface area contributed by atoms with Gasteiger partial charge >= 0.3 is 0 Å². The van der Waals surface area contributed by atoms with Gasteiger partial charge in [-0.05, 0) is 23.6 Å². The summed E-state index contributed by atoms with van der Waals surface area (Å²) in [7, 11) is -2.33. The van der Waals surface area contributed by atoms with Crippen molar-refractivity contribution in [2.24, 2.45) is 0 Å². The maximum absolute atomic E-state index is 11.3. The van der Waals surface area contributed by atoms with Crippen LogP contribution in [0.15, 0.2) is 41.3 Å². The van der Waals surface area contributed by atoms with Gasteiger partial charge in [0.25, 0.3) is 10.1 Å². The fraction of sp³-hybridized carbons (Fsp3) is 0.0909. The Morgan fingerprint density at radius 2 is 1.94 bits per heavy atom. The predicted molar refractivity (Wildman–Crippen MR) is 76.2 cm³/mol. The Morgan fingerprint density at radius 3 is 2.53 bits per heavy atom. The molecule has 0 aliphatic carbocycles. The van der Waals surface area contributed by atoms with Crippen LogP contribution >= 0.6 is 22.9 Å². The predicted octanol–water partition coefficient (Wildman–Crippen LogP) is 2.87. The molecule has 2 aromatic carbocycles. The van der Waals surface area contributed by atoms with Gasteiger partial charge in [0.1, 0.15) is 4.90 Å². The van der Waals surface area contributed by atoms with Crippen molar-refractivity contribution in [2.75, 3.05) is 10.2 Å². The van der Waals surface area contributed by atoms with Crippen LogP contribution in [0, 0.1) is 0 Å². The molecule has 0 heterocycles. The molecule has 0 saturated heterocycles. The first kappa shape index (κ1) is 12.6. The zero-order valence-corrected chi connectivity index (χ0v) is 11.9. The first-order valence-electron chi connectivity index (χ1n) is 4.79. The van der Waals surface area contributed by atoms with Crippen LogP contribution in [0.4, 0.5) is 5.69 Å². The van der Waals surface area contributed by atoms with Crippen molar-refractivity contribution in [3.8, 4) is 0 Å². The number of fused-ring (bicyclic) bond motifs is 1. The van der Waals surface area contributed by atoms with E-state index in [-0.39, 0.29) is 4.90 Å². The van der Waals surface area contributed by atoms with E-state index in [1.54, 1.807) is 18.2 Å². The summed E-state index contributed by atoms with van der Waals surface area (Å²) in [5, 5.41) is 1.30. The summed E-state index contributed by atoms with van der Waals surface area (Å²) in [6, 6.07) is 10.3. The van der Waals surface area contributed by atoms with Gasteiger partial charge in [-0.3, -0.25) is 4.55 Å². The molecule has 0 unspecified atom stereocenters. The lowest BCUT2D eigenvalue weighted by Crippen LogP contribution is -2.01. The minimum atomic E-state index is -4.19. The first-order valence-corrected chi connectivity index (χ1v) is 7.20. The van der Waals surface area contributed by atoms with Crippen molar-refractivity contribution in [3.63, 3.8) is 0 Å². The van der Waals surface area contributed by atoms with E-state index >= 15 is 0 Å². The number of halogens is 1. The van der Waals surface area contributed by atoms with Gasteiger partial charge in [0.15, 0.2) is 0 Å². The number of hydrogen-bond acceptors (Lipinski definition) is 3. The van der Waals surface area contributed by atoms with Crippen molar-refractivity contribution in [1.29, 1.82) is 0 Å². The number of hydrogen-bond donors (Lipinski definition) is 1. The van der Waals surface area contributed by atoms with Crippen LogP contribution in [0.5, 0.6) is 0 Å². The fourth-order valence-electron chi connectivity index (χ4n) is 1.65. The summed E-state index contributed by atoms with van der Waals surface area (Å²) in [5.41, 5.74) is 0.870. The van der Waals surface area contributed by atoms with E-state index in [4.69, 9.17) is 0 Å². The van der Waals surface area contributed by atoms with Crippen molar-refractivity contribution in [2.45, 2.75) is 4.90 Å². The molecular weight excluding hydrogens is 353 g/mol. The van der Waals surface area contributed by atoms with Crippen LogP contribution in [0.1, 0.15) is 0 Å². The number of benzene rings is 2. The largest absolute Gasteiger partial charge is 0.318 e. The third-order valence-electron chi connectivity index (χ3n) is 2.46. The number of nitrogens with zero attached hydrogens (tertiary/aromatic N) is 1. The van der Waals surface area contributed by atoms with Gasteiger partial charge in [-0.1, -0.05) is 18.2 Å². The quantitative estimate of drug-likeness (QED) is 0.507. The molecule has 0 bridgehead atoms. The van der Waals surface area contributed by atoms with Crippen LogP contribution in [0.3, 0.4) is 0 Å². The molecule has 0 fully saturated rings. The van der Waals surface area contributed by atoms with E-state index in [0.29, 0.717) is 5.39 Å². The molecule has 0 amide bonds. The molecule has 2 rings (SSSR count). The molecule has 0 aliphatic rings. The van der Waals surface area contributed by atoms with Crippen molar-refractivity contribution >= 4 is 49.4 Å². The second-order valence-corrected chi connectivity index (χ2v) is 6.45. The molecule has 6 heteroatoms. The first-order chi connectivity index (χ1) is 7.89. The second kappa shape index (κ2) is 4.43. The number of anilines is 1. The molecule has 17 heavy (non-hydrogen) atoms. The third kappa shape index (κ3) is 2.53. The highest BCUT2D eigenvalue weighted by molar-refractivity contribution is 14.1. The number of rotatable bonds is 2. The lowest BCUT2D eigenvalue weighted by atomic mass is 10.1. The Balaban J connectivity index is 2.82. The SMILES string of the molecule is CN(I)c1ccc2cccc(S(=O)(=O)O)c2c1. The maximum atomic E-state index is 11.3. The summed E-state index contributed by atoms with van der Waals surface area (Å²) < 4.78 is 33.6. The summed E-state index contributed by atoms with van der Waals surface area (Å²) in [4.78, 5) is -0.0601. The van der Waals surface area contributed by atoms with Gasteiger partial charge < -0.3 is 3.11 Å². The molecule has 1 N–H and O–H groups in total. The van der Waals surface area contributed by atoms with Crippen LogP contribution < -0.4 is 3.11 Å².